The van der Waals surface area contributed by atoms with Gasteiger partial charge in [-0.05, 0) is 31.0 Å². The molecule has 2 N–H and O–H groups in total. The molecule has 100 valence electrons. The smallest absolute Gasteiger partial charge is 0.146 e. The van der Waals surface area contributed by atoms with Gasteiger partial charge in [0.2, 0.25) is 0 Å². The first-order chi connectivity index (χ1) is 8.72. The lowest BCUT2D eigenvalue weighted by Crippen LogP contribution is -2.25. The highest BCUT2D eigenvalue weighted by atomic mass is 19.1. The normalized spacial score (nSPS) is 19.5. The maximum Gasteiger partial charge on any atom is 0.146 e. The van der Waals surface area contributed by atoms with E-state index in [9.17, 15) is 9.50 Å². The standard InChI is InChI=1S/C14H21FN2O/c1-2-7-16-9-11-4-3-5-13(15)14(11)17-8-6-12(18)10-17/h3-5,12,16,18H,2,6-10H2,1H3. The second kappa shape index (κ2) is 6.16. The molecule has 0 saturated carbocycles. The summed E-state index contributed by atoms with van der Waals surface area (Å²) in [6.07, 6.45) is 1.45. The number of para-hydroxylation sites is 1. The Balaban J connectivity index is 2.15. The number of nitrogens with one attached hydrogen (secondary N) is 1. The fourth-order valence-corrected chi connectivity index (χ4v) is 2.40. The third-order valence-corrected chi connectivity index (χ3v) is 3.29. The maximum atomic E-state index is 14.0. The Labute approximate surface area is 108 Å². The molecule has 1 aliphatic rings. The van der Waals surface area contributed by atoms with E-state index in [1.165, 1.54) is 6.07 Å². The number of aliphatic hydroxyl groups is 1. The quantitative estimate of drug-likeness (QED) is 0.786. The minimum Gasteiger partial charge on any atom is -0.391 e. The SMILES string of the molecule is CCCNCc1cccc(F)c1N1CCC(O)C1. The fourth-order valence-electron chi connectivity index (χ4n) is 2.40. The van der Waals surface area contributed by atoms with Crippen LogP contribution in [0.15, 0.2) is 18.2 Å². The van der Waals surface area contributed by atoms with Crippen LogP contribution in [0.4, 0.5) is 10.1 Å². The van der Waals surface area contributed by atoms with Crippen LogP contribution in [0.5, 0.6) is 0 Å². The fraction of sp³-hybridized carbons (Fsp3) is 0.571. The molecular weight excluding hydrogens is 231 g/mol. The van der Waals surface area contributed by atoms with Gasteiger partial charge in [0, 0.05) is 19.6 Å². The molecule has 1 saturated heterocycles. The minimum absolute atomic E-state index is 0.195. The van der Waals surface area contributed by atoms with Gasteiger partial charge < -0.3 is 15.3 Å². The van der Waals surface area contributed by atoms with Crippen molar-refractivity contribution in [3.8, 4) is 0 Å². The molecule has 0 amide bonds. The Morgan fingerprint density at radius 2 is 2.33 bits per heavy atom. The van der Waals surface area contributed by atoms with Crippen LogP contribution >= 0.6 is 0 Å². The highest BCUT2D eigenvalue weighted by molar-refractivity contribution is 5.55. The number of anilines is 1. The third kappa shape index (κ3) is 3.00. The first kappa shape index (κ1) is 13.3. The van der Waals surface area contributed by atoms with Crippen LogP contribution in [0.25, 0.3) is 0 Å². The minimum atomic E-state index is -0.332. The van der Waals surface area contributed by atoms with Crippen LogP contribution in [-0.2, 0) is 6.54 Å². The van der Waals surface area contributed by atoms with Crippen molar-refractivity contribution in [3.63, 3.8) is 0 Å². The number of nitrogens with zero attached hydrogens (tertiary/aromatic N) is 1. The number of halogens is 1. The first-order valence-corrected chi connectivity index (χ1v) is 6.63. The molecule has 0 spiro atoms. The molecule has 0 bridgehead atoms. The summed E-state index contributed by atoms with van der Waals surface area (Å²) in [5.74, 6) is -0.195. The number of hydrogen-bond acceptors (Lipinski definition) is 3. The lowest BCUT2D eigenvalue weighted by molar-refractivity contribution is 0.198. The topological polar surface area (TPSA) is 35.5 Å². The lowest BCUT2D eigenvalue weighted by Gasteiger charge is -2.22. The lowest BCUT2D eigenvalue weighted by atomic mass is 10.1. The Kier molecular flexibility index (Phi) is 4.55. The summed E-state index contributed by atoms with van der Waals surface area (Å²) < 4.78 is 14.0. The number of β-amino-alcohol motifs (C(OH)–C–C–N with tert-alkyl or cyclic N) is 1. The molecule has 0 aromatic heterocycles. The molecule has 2 rings (SSSR count). The predicted molar refractivity (Wildman–Crippen MR) is 71.2 cm³/mol. The zero-order valence-electron chi connectivity index (χ0n) is 10.8. The van der Waals surface area contributed by atoms with Crippen LogP contribution in [0.3, 0.4) is 0 Å². The number of rotatable bonds is 5. The summed E-state index contributed by atoms with van der Waals surface area (Å²) >= 11 is 0. The molecule has 3 nitrogen and oxygen atoms in total. The molecule has 0 radical (unpaired) electrons. The molecule has 1 atom stereocenters. The van der Waals surface area contributed by atoms with Crippen LogP contribution in [-0.4, -0.2) is 30.8 Å². The van der Waals surface area contributed by atoms with Crippen LogP contribution in [0, 0.1) is 5.82 Å². The number of aliphatic hydroxyl groups excluding tert-OH is 1. The van der Waals surface area contributed by atoms with Crippen LogP contribution in [0.2, 0.25) is 0 Å². The Morgan fingerprint density at radius 1 is 1.50 bits per heavy atom. The second-order valence-electron chi connectivity index (χ2n) is 4.81. The van der Waals surface area contributed by atoms with E-state index in [2.05, 4.69) is 12.2 Å². The van der Waals surface area contributed by atoms with Gasteiger partial charge in [0.15, 0.2) is 0 Å². The highest BCUT2D eigenvalue weighted by Crippen LogP contribution is 2.27. The molecule has 1 aliphatic heterocycles. The van der Waals surface area contributed by atoms with Crippen molar-refractivity contribution in [3.05, 3.63) is 29.6 Å². The van der Waals surface area contributed by atoms with Gasteiger partial charge in [-0.1, -0.05) is 19.1 Å². The summed E-state index contributed by atoms with van der Waals surface area (Å²) in [7, 11) is 0. The average Bonchev–Trinajstić information content (AvgIpc) is 2.76. The van der Waals surface area contributed by atoms with Gasteiger partial charge >= 0.3 is 0 Å². The van der Waals surface area contributed by atoms with E-state index in [4.69, 9.17) is 0 Å². The van der Waals surface area contributed by atoms with Crippen LogP contribution in [0.1, 0.15) is 25.3 Å². The highest BCUT2D eigenvalue weighted by Gasteiger charge is 2.24. The number of benzene rings is 1. The molecule has 1 aromatic carbocycles. The van der Waals surface area contributed by atoms with Gasteiger partial charge in [-0.25, -0.2) is 4.39 Å². The molecule has 1 heterocycles. The van der Waals surface area contributed by atoms with Crippen molar-refractivity contribution in [2.45, 2.75) is 32.4 Å². The van der Waals surface area contributed by atoms with E-state index in [0.29, 0.717) is 18.8 Å². The Bertz CT molecular complexity index is 397. The summed E-state index contributed by atoms with van der Waals surface area (Å²) in [4.78, 5) is 1.95. The third-order valence-electron chi connectivity index (χ3n) is 3.29. The molecule has 1 unspecified atom stereocenters. The van der Waals surface area contributed by atoms with E-state index < -0.39 is 0 Å². The van der Waals surface area contributed by atoms with Crippen molar-refractivity contribution in [2.24, 2.45) is 0 Å². The maximum absolute atomic E-state index is 14.0. The molecule has 1 aromatic rings. The zero-order chi connectivity index (χ0) is 13.0. The molecule has 4 heteroatoms. The summed E-state index contributed by atoms with van der Waals surface area (Å²) in [6, 6.07) is 5.18. The molecule has 0 aliphatic carbocycles. The second-order valence-corrected chi connectivity index (χ2v) is 4.81. The van der Waals surface area contributed by atoms with E-state index in [1.54, 1.807) is 6.07 Å². The summed E-state index contributed by atoms with van der Waals surface area (Å²) in [5, 5.41) is 12.9. The van der Waals surface area contributed by atoms with Gasteiger partial charge in [0.1, 0.15) is 5.82 Å². The van der Waals surface area contributed by atoms with Crippen molar-refractivity contribution in [1.82, 2.24) is 5.32 Å². The van der Waals surface area contributed by atoms with E-state index in [1.807, 2.05) is 11.0 Å². The van der Waals surface area contributed by atoms with Gasteiger partial charge in [0.05, 0.1) is 11.8 Å². The average molecular weight is 252 g/mol. The van der Waals surface area contributed by atoms with Gasteiger partial charge in [0.25, 0.3) is 0 Å². The molecule has 18 heavy (non-hydrogen) atoms. The largest absolute Gasteiger partial charge is 0.391 e. The van der Waals surface area contributed by atoms with E-state index in [-0.39, 0.29) is 11.9 Å². The Hall–Kier alpha value is -1.13. The molecule has 1 fully saturated rings. The van der Waals surface area contributed by atoms with Gasteiger partial charge in [-0.15, -0.1) is 0 Å². The van der Waals surface area contributed by atoms with Crippen molar-refractivity contribution in [2.75, 3.05) is 24.5 Å². The Morgan fingerprint density at radius 3 is 3.00 bits per heavy atom. The summed E-state index contributed by atoms with van der Waals surface area (Å²) in [5.41, 5.74) is 1.62. The van der Waals surface area contributed by atoms with Crippen molar-refractivity contribution < 1.29 is 9.50 Å². The zero-order valence-corrected chi connectivity index (χ0v) is 10.8. The first-order valence-electron chi connectivity index (χ1n) is 6.63. The van der Waals surface area contributed by atoms with E-state index >= 15 is 0 Å². The summed E-state index contributed by atoms with van der Waals surface area (Å²) in [6.45, 7) is 4.97. The predicted octanol–water partition coefficient (Wildman–Crippen LogP) is 1.90. The van der Waals surface area contributed by atoms with Gasteiger partial charge in [-0.3, -0.25) is 0 Å². The monoisotopic (exact) mass is 252 g/mol. The van der Waals surface area contributed by atoms with Crippen molar-refractivity contribution >= 4 is 5.69 Å². The van der Waals surface area contributed by atoms with Gasteiger partial charge in [-0.2, -0.15) is 0 Å². The number of hydrogen-bond donors (Lipinski definition) is 2. The van der Waals surface area contributed by atoms with Crippen LogP contribution < -0.4 is 10.2 Å². The van der Waals surface area contributed by atoms with Crippen molar-refractivity contribution in [1.29, 1.82) is 0 Å². The molecular formula is C14H21FN2O. The van der Waals surface area contributed by atoms with E-state index in [0.717, 1.165) is 31.5 Å².